The zero-order chi connectivity index (χ0) is 24.0. The molecule has 30 heavy (non-hydrogen) atoms. The van der Waals surface area contributed by atoms with Crippen molar-refractivity contribution in [2.45, 2.75) is 69.8 Å². The van der Waals surface area contributed by atoms with Gasteiger partial charge in [0.05, 0.1) is 12.9 Å². The third kappa shape index (κ3) is 7.84. The van der Waals surface area contributed by atoms with Crippen LogP contribution in [0.5, 0.6) is 0 Å². The first-order chi connectivity index (χ1) is 13.3. The third-order valence-electron chi connectivity index (χ3n) is 4.54. The molecule has 0 aromatic carbocycles. The highest BCUT2D eigenvalue weighted by Gasteiger charge is 2.72. The first-order valence-electron chi connectivity index (χ1n) is 8.87. The van der Waals surface area contributed by atoms with Crippen LogP contribution in [0.3, 0.4) is 0 Å². The Morgan fingerprint density at radius 1 is 1.00 bits per heavy atom. The Morgan fingerprint density at radius 3 is 1.97 bits per heavy atom. The zero-order valence-electron chi connectivity index (χ0n) is 17.6. The lowest BCUT2D eigenvalue weighted by Crippen LogP contribution is -2.51. The van der Waals surface area contributed by atoms with Crippen molar-refractivity contribution in [2.24, 2.45) is 0 Å². The average Bonchev–Trinajstić information content (AvgIpc) is 2.55. The molecule has 0 radical (unpaired) electrons. The van der Waals surface area contributed by atoms with Gasteiger partial charge in [0, 0.05) is 6.42 Å². The summed E-state index contributed by atoms with van der Waals surface area (Å²) in [5.74, 6) is -11.4. The molecule has 0 fully saturated rings. The minimum absolute atomic E-state index is 0.00109. The van der Waals surface area contributed by atoms with Gasteiger partial charge in [-0.3, -0.25) is 0 Å². The number of rotatable bonds is 9. The highest BCUT2D eigenvalue weighted by molar-refractivity contribution is 6.74. The van der Waals surface area contributed by atoms with Gasteiger partial charge in [-0.05, 0) is 42.8 Å². The van der Waals surface area contributed by atoms with Gasteiger partial charge in [0.25, 0.3) is 0 Å². The molecule has 12 heteroatoms. The Hall–Kier alpha value is -1.72. The molecule has 0 heterocycles. The van der Waals surface area contributed by atoms with Crippen LogP contribution >= 0.6 is 0 Å². The fraction of sp³-hybridized carbons (Fsp3) is 0.722. The molecular weight excluding hydrogens is 441 g/mol. The minimum Gasteiger partial charge on any atom is -0.544 e. The molecule has 0 unspecified atom stereocenters. The van der Waals surface area contributed by atoms with Crippen LogP contribution < -0.4 is 0 Å². The van der Waals surface area contributed by atoms with E-state index < -0.39 is 45.3 Å². The van der Waals surface area contributed by atoms with E-state index in [1.165, 1.54) is 12.2 Å². The predicted octanol–water partition coefficient (Wildman–Crippen LogP) is 6.84. The lowest BCUT2D eigenvalue weighted by Gasteiger charge is -2.37. The monoisotopic (exact) mass is 468 g/mol. The smallest absolute Gasteiger partial charge is 0.508 e. The van der Waals surface area contributed by atoms with Crippen molar-refractivity contribution in [3.05, 3.63) is 24.0 Å². The van der Waals surface area contributed by atoms with Crippen LogP contribution in [0.1, 0.15) is 33.6 Å². The fourth-order valence-electron chi connectivity index (χ4n) is 1.69. The van der Waals surface area contributed by atoms with Crippen LogP contribution in [0.2, 0.25) is 18.1 Å². The molecule has 0 saturated carbocycles. The Kier molecular flexibility index (Phi) is 9.48. The van der Waals surface area contributed by atoms with Gasteiger partial charge in [-0.25, -0.2) is 4.79 Å². The first-order valence-corrected chi connectivity index (χ1v) is 11.8. The van der Waals surface area contributed by atoms with Gasteiger partial charge in [0.2, 0.25) is 8.32 Å². The highest BCUT2D eigenvalue weighted by Crippen LogP contribution is 2.48. The summed E-state index contributed by atoms with van der Waals surface area (Å²) in [6.45, 7) is 9.06. The molecule has 0 aliphatic heterocycles. The summed E-state index contributed by atoms with van der Waals surface area (Å²) < 4.78 is 105. The van der Waals surface area contributed by atoms with Crippen molar-refractivity contribution in [3.63, 3.8) is 0 Å². The molecule has 176 valence electrons. The summed E-state index contributed by atoms with van der Waals surface area (Å²) in [4.78, 5) is 10.9. The molecule has 0 atom stereocenters. The van der Waals surface area contributed by atoms with Gasteiger partial charge < -0.3 is 13.9 Å². The second-order valence-corrected chi connectivity index (χ2v) is 12.7. The van der Waals surface area contributed by atoms with E-state index in [0.717, 1.165) is 13.2 Å². The summed E-state index contributed by atoms with van der Waals surface area (Å²) in [6.07, 6.45) is -6.31. The predicted molar refractivity (Wildman–Crippen MR) is 99.0 cm³/mol. The molecule has 0 N–H and O–H groups in total. The fourth-order valence-corrected chi connectivity index (χ4v) is 2.74. The first kappa shape index (κ1) is 28.3. The second-order valence-electron chi connectivity index (χ2n) is 7.95. The number of ether oxygens (including phenoxy) is 2. The Balaban J connectivity index is 5.47. The second kappa shape index (κ2) is 10.1. The maximum atomic E-state index is 13.5. The quantitative estimate of drug-likeness (QED) is 0.122. The standard InChI is InChI=1S/C18H27F7O4Si/c1-15(2,3)30(5,6)29-13(10-8-12-28-14(26)27-4)9-7-11-16(19,20)17(21,22)18(23,24)25/h8-10H,7,11-12H2,1-6H3/b10-8+,13-9-. The molecule has 0 aromatic heterocycles. The highest BCUT2D eigenvalue weighted by atomic mass is 28.4. The molecule has 0 amide bonds. The maximum Gasteiger partial charge on any atom is 0.508 e. The van der Waals surface area contributed by atoms with Crippen LogP contribution in [0, 0.1) is 0 Å². The number of methoxy groups -OCH3 is 1. The van der Waals surface area contributed by atoms with Crippen molar-refractivity contribution >= 4 is 14.5 Å². The number of allylic oxidation sites excluding steroid dienone is 2. The molecule has 0 rings (SSSR count). The molecule has 0 aliphatic carbocycles. The van der Waals surface area contributed by atoms with Crippen molar-refractivity contribution in [1.29, 1.82) is 0 Å². The lowest BCUT2D eigenvalue weighted by molar-refractivity contribution is -0.355. The van der Waals surface area contributed by atoms with Gasteiger partial charge >= 0.3 is 24.2 Å². The normalized spacial score (nSPS) is 14.8. The van der Waals surface area contributed by atoms with Crippen LogP contribution in [0.15, 0.2) is 24.0 Å². The summed E-state index contributed by atoms with van der Waals surface area (Å²) in [5.41, 5.74) is 0. The molecular formula is C18H27F7O4Si. The molecule has 0 aliphatic rings. The molecule has 0 bridgehead atoms. The van der Waals surface area contributed by atoms with Gasteiger partial charge in [-0.1, -0.05) is 20.8 Å². The molecule has 0 saturated heterocycles. The SMILES string of the molecule is COC(=O)OC/C=C/C(=C/CCC(F)(F)C(F)(F)C(F)(F)F)O[Si](C)(C)C(C)(C)C. The average molecular weight is 468 g/mol. The van der Waals surface area contributed by atoms with E-state index in [1.807, 2.05) is 33.9 Å². The van der Waals surface area contributed by atoms with Crippen molar-refractivity contribution < 1.29 is 49.4 Å². The van der Waals surface area contributed by atoms with E-state index in [9.17, 15) is 35.5 Å². The number of carbonyl (C=O) groups excluding carboxylic acids is 1. The topological polar surface area (TPSA) is 44.8 Å². The van der Waals surface area contributed by atoms with Crippen molar-refractivity contribution in [2.75, 3.05) is 13.7 Å². The van der Waals surface area contributed by atoms with Gasteiger partial charge in [0.1, 0.15) is 6.61 Å². The largest absolute Gasteiger partial charge is 0.544 e. The van der Waals surface area contributed by atoms with E-state index in [2.05, 4.69) is 9.47 Å². The third-order valence-corrected chi connectivity index (χ3v) is 8.90. The van der Waals surface area contributed by atoms with Crippen molar-refractivity contribution in [3.8, 4) is 0 Å². The molecule has 4 nitrogen and oxygen atoms in total. The van der Waals surface area contributed by atoms with Gasteiger partial charge in [-0.15, -0.1) is 0 Å². The van der Waals surface area contributed by atoms with Gasteiger partial charge in [0.15, 0.2) is 0 Å². The van der Waals surface area contributed by atoms with Crippen LogP contribution in [-0.2, 0) is 13.9 Å². The number of halogens is 7. The van der Waals surface area contributed by atoms with Crippen LogP contribution in [0.4, 0.5) is 35.5 Å². The Labute approximate surface area is 172 Å². The van der Waals surface area contributed by atoms with E-state index in [4.69, 9.17) is 4.43 Å². The molecule has 0 spiro atoms. The summed E-state index contributed by atoms with van der Waals surface area (Å²) in [7, 11) is -1.39. The van der Waals surface area contributed by atoms with E-state index in [0.29, 0.717) is 0 Å². The van der Waals surface area contributed by atoms with E-state index in [1.54, 1.807) is 0 Å². The minimum atomic E-state index is -6.37. The molecule has 0 aromatic rings. The number of alkyl halides is 7. The van der Waals surface area contributed by atoms with Crippen molar-refractivity contribution in [1.82, 2.24) is 0 Å². The Bertz CT molecular complexity index is 635. The van der Waals surface area contributed by atoms with E-state index in [-0.39, 0.29) is 17.4 Å². The van der Waals surface area contributed by atoms with Crippen LogP contribution in [0.25, 0.3) is 0 Å². The summed E-state index contributed by atoms with van der Waals surface area (Å²) in [5, 5.41) is -0.310. The van der Waals surface area contributed by atoms with Crippen LogP contribution in [-0.4, -0.2) is 46.2 Å². The number of hydrogen-bond donors (Lipinski definition) is 0. The maximum absolute atomic E-state index is 13.5. The lowest BCUT2D eigenvalue weighted by atomic mass is 10.1. The Morgan fingerprint density at radius 2 is 1.53 bits per heavy atom. The van der Waals surface area contributed by atoms with E-state index >= 15 is 0 Å². The number of hydrogen-bond acceptors (Lipinski definition) is 4. The van der Waals surface area contributed by atoms with Gasteiger partial charge in [-0.2, -0.15) is 30.7 Å². The summed E-state index contributed by atoms with van der Waals surface area (Å²) in [6, 6.07) is 0. The zero-order valence-corrected chi connectivity index (χ0v) is 18.6. The summed E-state index contributed by atoms with van der Waals surface area (Å²) >= 11 is 0. The number of carbonyl (C=O) groups is 1.